The van der Waals surface area contributed by atoms with Crippen LogP contribution >= 0.6 is 0 Å². The number of rotatable bonds is 12. The lowest BCUT2D eigenvalue weighted by Crippen LogP contribution is -2.64. The normalized spacial score (nSPS) is 17.4. The third-order valence-corrected chi connectivity index (χ3v) is 6.91. The van der Waals surface area contributed by atoms with Crippen LogP contribution in [0.25, 0.3) is 0 Å². The molecule has 14 heteroatoms. The predicted octanol–water partition coefficient (Wildman–Crippen LogP) is 2.37. The van der Waals surface area contributed by atoms with Gasteiger partial charge >= 0.3 is 11.9 Å². The van der Waals surface area contributed by atoms with E-state index in [9.17, 15) is 37.5 Å². The number of aliphatic hydroxyl groups excluding tert-OH is 1. The average molecular weight is 617 g/mol. The van der Waals surface area contributed by atoms with E-state index >= 15 is 0 Å². The highest BCUT2D eigenvalue weighted by molar-refractivity contribution is 5.96. The molecule has 0 bridgehead atoms. The van der Waals surface area contributed by atoms with E-state index in [0.29, 0.717) is 30.7 Å². The number of hydrogen-bond donors (Lipinski definition) is 5. The lowest BCUT2D eigenvalue weighted by atomic mass is 9.86. The molecule has 2 rings (SSSR count). The number of carbonyl (C=O) groups is 4. The van der Waals surface area contributed by atoms with Crippen LogP contribution in [0.3, 0.4) is 0 Å². The second-order valence-electron chi connectivity index (χ2n) is 11.9. The van der Waals surface area contributed by atoms with E-state index in [1.807, 2.05) is 27.7 Å². The molecule has 0 spiro atoms. The van der Waals surface area contributed by atoms with Gasteiger partial charge in [-0.25, -0.2) is 22.8 Å². The number of hydrogen-bond acceptors (Lipinski definition) is 7. The van der Waals surface area contributed by atoms with Crippen LogP contribution in [0.2, 0.25) is 0 Å². The molecule has 242 valence electrons. The van der Waals surface area contributed by atoms with Gasteiger partial charge in [0.2, 0.25) is 11.8 Å². The minimum atomic E-state index is -1.37. The zero-order valence-corrected chi connectivity index (χ0v) is 25.3. The van der Waals surface area contributed by atoms with Gasteiger partial charge in [0.25, 0.3) is 0 Å². The Labute approximate surface area is 249 Å². The van der Waals surface area contributed by atoms with Crippen molar-refractivity contribution < 1.29 is 47.7 Å². The van der Waals surface area contributed by atoms with Gasteiger partial charge in [0.15, 0.2) is 11.6 Å². The van der Waals surface area contributed by atoms with E-state index in [0.717, 1.165) is 11.0 Å². The third-order valence-electron chi connectivity index (χ3n) is 6.91. The summed E-state index contributed by atoms with van der Waals surface area (Å²) in [6, 6.07) is 0.475. The Hall–Kier alpha value is -3.49. The molecule has 1 fully saturated rings. The van der Waals surface area contributed by atoms with Gasteiger partial charge in [0.05, 0.1) is 18.3 Å². The van der Waals surface area contributed by atoms with E-state index in [1.54, 1.807) is 18.7 Å². The molecule has 0 unspecified atom stereocenters. The van der Waals surface area contributed by atoms with Gasteiger partial charge in [-0.1, -0.05) is 27.7 Å². The second kappa shape index (κ2) is 16.4. The highest BCUT2D eigenvalue weighted by Crippen LogP contribution is 2.30. The zero-order valence-electron chi connectivity index (χ0n) is 25.3. The van der Waals surface area contributed by atoms with Crippen molar-refractivity contribution in [1.82, 2.24) is 10.2 Å². The van der Waals surface area contributed by atoms with Crippen LogP contribution in [0.5, 0.6) is 0 Å². The monoisotopic (exact) mass is 616 g/mol. The molecular formula is C29H43F3N4O7. The Balaban J connectivity index is 0.00000101. The van der Waals surface area contributed by atoms with Crippen molar-refractivity contribution in [2.24, 2.45) is 23.5 Å². The SMILES string of the molecule is CC(C)CNC(=O)[C@@H](C[C@H](O)[C@@H](N)CN1CC(=O)N(c2cc(F)cc(F)c2F)CC1(C)C)C(C)C.O=C(O)/C=C/C(=O)O. The summed E-state index contributed by atoms with van der Waals surface area (Å²) in [6.45, 7) is 11.9. The summed E-state index contributed by atoms with van der Waals surface area (Å²) in [5.41, 5.74) is 5.11. The van der Waals surface area contributed by atoms with E-state index in [1.165, 1.54) is 0 Å². The number of aliphatic hydroxyl groups is 1. The van der Waals surface area contributed by atoms with E-state index in [4.69, 9.17) is 15.9 Å². The van der Waals surface area contributed by atoms with E-state index < -0.39 is 64.6 Å². The summed E-state index contributed by atoms with van der Waals surface area (Å²) < 4.78 is 41.7. The molecule has 11 nitrogen and oxygen atoms in total. The molecule has 43 heavy (non-hydrogen) atoms. The number of nitrogens with two attached hydrogens (primary N) is 1. The van der Waals surface area contributed by atoms with Crippen LogP contribution in [0.1, 0.15) is 48.0 Å². The Morgan fingerprint density at radius 3 is 2.12 bits per heavy atom. The van der Waals surface area contributed by atoms with Crippen LogP contribution in [0, 0.1) is 35.2 Å². The molecule has 0 aliphatic carbocycles. The van der Waals surface area contributed by atoms with Gasteiger partial charge in [-0.3, -0.25) is 14.5 Å². The number of amides is 2. The number of aliphatic carboxylic acids is 2. The smallest absolute Gasteiger partial charge is 0.328 e. The molecule has 0 radical (unpaired) electrons. The van der Waals surface area contributed by atoms with Crippen molar-refractivity contribution in [2.45, 2.75) is 65.6 Å². The molecular weight excluding hydrogens is 573 g/mol. The van der Waals surface area contributed by atoms with Crippen molar-refractivity contribution in [3.63, 3.8) is 0 Å². The largest absolute Gasteiger partial charge is 0.478 e. The molecule has 2 amide bonds. The lowest BCUT2D eigenvalue weighted by molar-refractivity contribution is -0.134. The number of carboxylic acids is 2. The maximum atomic E-state index is 14.3. The van der Waals surface area contributed by atoms with Gasteiger partial charge < -0.3 is 31.3 Å². The Morgan fingerprint density at radius 1 is 1.07 bits per heavy atom. The molecule has 1 saturated heterocycles. The standard InChI is InChI=1S/C25H39F3N4O3.C4H4O4/c1-14(2)10-30-24(35)17(15(3)4)9-21(33)19(29)11-31-12-22(34)32(13-25(31,5)6)20-8-16(26)7-18(27)23(20)28;5-3(6)1-2-4(7)8/h7-8,14-15,17,19,21,33H,9-13,29H2,1-6H3,(H,30,35);1-2H,(H,5,6)(H,7,8)/b;2-1+/t17-,19-,21-;/m0./s1. The third kappa shape index (κ3) is 12.0. The fourth-order valence-electron chi connectivity index (χ4n) is 4.38. The minimum Gasteiger partial charge on any atom is -0.478 e. The van der Waals surface area contributed by atoms with Crippen molar-refractivity contribution in [1.29, 1.82) is 0 Å². The minimum absolute atomic E-state index is 0.00728. The van der Waals surface area contributed by atoms with Gasteiger partial charge in [-0.05, 0) is 32.1 Å². The van der Waals surface area contributed by atoms with E-state index in [2.05, 4.69) is 5.32 Å². The van der Waals surface area contributed by atoms with Gasteiger partial charge in [0.1, 0.15) is 5.82 Å². The van der Waals surface area contributed by atoms with Crippen LogP contribution in [0.4, 0.5) is 18.9 Å². The second-order valence-corrected chi connectivity index (χ2v) is 11.9. The molecule has 1 aliphatic rings. The van der Waals surface area contributed by atoms with Gasteiger partial charge in [-0.2, -0.15) is 0 Å². The molecule has 6 N–H and O–H groups in total. The molecule has 0 aromatic heterocycles. The first-order chi connectivity index (χ1) is 19.8. The number of halogens is 3. The first kappa shape index (κ1) is 37.5. The molecule has 1 aromatic rings. The number of piperazine rings is 1. The fourth-order valence-corrected chi connectivity index (χ4v) is 4.38. The van der Waals surface area contributed by atoms with Crippen LogP contribution in [-0.2, 0) is 19.2 Å². The Morgan fingerprint density at radius 2 is 1.63 bits per heavy atom. The molecule has 1 aromatic carbocycles. The summed E-state index contributed by atoms with van der Waals surface area (Å²) in [4.78, 5) is 47.3. The maximum absolute atomic E-state index is 14.3. The fraction of sp³-hybridized carbons (Fsp3) is 0.586. The number of carbonyl (C=O) groups excluding carboxylic acids is 2. The highest BCUT2D eigenvalue weighted by atomic mass is 19.2. The van der Waals surface area contributed by atoms with Crippen molar-refractivity contribution in [3.05, 3.63) is 41.7 Å². The summed E-state index contributed by atoms with van der Waals surface area (Å²) >= 11 is 0. The average Bonchev–Trinajstić information content (AvgIpc) is 2.88. The first-order valence-electron chi connectivity index (χ1n) is 13.8. The molecule has 1 aliphatic heterocycles. The summed E-state index contributed by atoms with van der Waals surface area (Å²) in [7, 11) is 0. The quantitative estimate of drug-likeness (QED) is 0.175. The Kier molecular flexibility index (Phi) is 14.3. The van der Waals surface area contributed by atoms with Crippen molar-refractivity contribution in [2.75, 3.05) is 31.1 Å². The number of anilines is 1. The van der Waals surface area contributed by atoms with Crippen LogP contribution in [-0.4, -0.2) is 87.8 Å². The van der Waals surface area contributed by atoms with Gasteiger partial charge in [0, 0.05) is 61.4 Å². The molecule has 1 heterocycles. The molecule has 3 atom stereocenters. The summed E-state index contributed by atoms with van der Waals surface area (Å²) in [5, 5.41) is 29.3. The summed E-state index contributed by atoms with van der Waals surface area (Å²) in [5.74, 6) is -6.94. The van der Waals surface area contributed by atoms with Crippen molar-refractivity contribution in [3.8, 4) is 0 Å². The highest BCUT2D eigenvalue weighted by Gasteiger charge is 2.41. The van der Waals surface area contributed by atoms with E-state index in [-0.39, 0.29) is 37.9 Å². The Bertz CT molecular complexity index is 1160. The van der Waals surface area contributed by atoms with Crippen LogP contribution < -0.4 is 16.0 Å². The zero-order chi connectivity index (χ0) is 33.2. The predicted molar refractivity (Wildman–Crippen MR) is 154 cm³/mol. The number of nitrogens with one attached hydrogen (secondary N) is 1. The maximum Gasteiger partial charge on any atom is 0.328 e. The number of nitrogens with zero attached hydrogens (tertiary/aromatic N) is 2. The topological polar surface area (TPSA) is 173 Å². The molecule has 0 saturated carbocycles. The number of carboxylic acid groups (broad SMARTS) is 2. The van der Waals surface area contributed by atoms with Crippen molar-refractivity contribution >= 4 is 29.4 Å². The summed E-state index contributed by atoms with van der Waals surface area (Å²) in [6.07, 6.45) is 0.293. The number of benzene rings is 1. The lowest BCUT2D eigenvalue weighted by Gasteiger charge is -2.47. The first-order valence-corrected chi connectivity index (χ1v) is 13.8. The van der Waals surface area contributed by atoms with Gasteiger partial charge in [-0.15, -0.1) is 0 Å². The van der Waals surface area contributed by atoms with Crippen LogP contribution in [0.15, 0.2) is 24.3 Å².